The molecule has 2 N–H and O–H groups in total. The van der Waals surface area contributed by atoms with Gasteiger partial charge in [-0.2, -0.15) is 0 Å². The number of anilines is 2. The summed E-state index contributed by atoms with van der Waals surface area (Å²) < 4.78 is 0.994. The van der Waals surface area contributed by atoms with E-state index in [1.54, 1.807) is 24.3 Å². The van der Waals surface area contributed by atoms with E-state index in [-0.39, 0.29) is 44.5 Å². The number of fused-ring (bicyclic) bond motifs is 3. The molecule has 2 aromatic carbocycles. The maximum Gasteiger partial charge on any atom is 0.277 e. The number of hydrogen-bond acceptors (Lipinski definition) is 9. The van der Waals surface area contributed by atoms with Crippen LogP contribution in [0.15, 0.2) is 78.0 Å². The Morgan fingerprint density at radius 1 is 0.767 bits per heavy atom. The molecule has 0 aliphatic carbocycles. The number of hydrogen-bond donors (Lipinski definition) is 2. The van der Waals surface area contributed by atoms with Crippen LogP contribution in [0.5, 0.6) is 0 Å². The number of halogens is 1. The highest BCUT2D eigenvalue weighted by molar-refractivity contribution is 6.34. The van der Waals surface area contributed by atoms with Crippen molar-refractivity contribution < 1.29 is 24.0 Å². The first-order valence-electron chi connectivity index (χ1n) is 12.9. The zero-order chi connectivity index (χ0) is 30.0. The van der Waals surface area contributed by atoms with Crippen LogP contribution in [0.2, 0.25) is 5.02 Å². The van der Waals surface area contributed by atoms with Crippen molar-refractivity contribution in [2.75, 3.05) is 18.4 Å². The molecule has 2 aromatic heterocycles. The maximum absolute atomic E-state index is 14.1. The molecule has 7 rings (SSSR count). The average Bonchev–Trinajstić information content (AvgIpc) is 3.54. The third-order valence-electron chi connectivity index (χ3n) is 7.58. The van der Waals surface area contributed by atoms with Gasteiger partial charge in [-0.1, -0.05) is 35.9 Å². The Morgan fingerprint density at radius 2 is 1.28 bits per heavy atom. The molecule has 5 heterocycles. The molecular formula is C29H18ClN7O6. The van der Waals surface area contributed by atoms with Gasteiger partial charge in [0.1, 0.15) is 23.5 Å². The minimum Gasteiger partial charge on any atom is -0.336 e. The van der Waals surface area contributed by atoms with Crippen LogP contribution in [0.1, 0.15) is 51.9 Å². The lowest BCUT2D eigenvalue weighted by Crippen LogP contribution is -2.62. The third kappa shape index (κ3) is 3.85. The fourth-order valence-electron chi connectivity index (χ4n) is 5.68. The van der Waals surface area contributed by atoms with Crippen LogP contribution >= 0.6 is 11.6 Å². The van der Waals surface area contributed by atoms with Crippen molar-refractivity contribution >= 4 is 52.6 Å². The zero-order valence-electron chi connectivity index (χ0n) is 21.9. The molecule has 13 nitrogen and oxygen atoms in total. The Balaban J connectivity index is 1.39. The molecule has 0 atom stereocenters. The highest BCUT2D eigenvalue weighted by atomic mass is 35.5. The summed E-state index contributed by atoms with van der Waals surface area (Å²) >= 11 is 6.54. The smallest absolute Gasteiger partial charge is 0.277 e. The van der Waals surface area contributed by atoms with Gasteiger partial charge in [0.25, 0.3) is 35.1 Å². The first-order chi connectivity index (χ1) is 20.7. The average molecular weight is 596 g/mol. The van der Waals surface area contributed by atoms with Gasteiger partial charge in [0.15, 0.2) is 5.66 Å². The Morgan fingerprint density at radius 3 is 1.74 bits per heavy atom. The summed E-state index contributed by atoms with van der Waals surface area (Å²) in [5.41, 5.74) is -2.60. The normalized spacial score (nSPS) is 16.3. The van der Waals surface area contributed by atoms with Crippen LogP contribution in [0.3, 0.4) is 0 Å². The van der Waals surface area contributed by atoms with E-state index in [2.05, 4.69) is 20.6 Å². The summed E-state index contributed by atoms with van der Waals surface area (Å²) in [6.45, 7) is -1.20. The molecule has 4 aromatic rings. The molecule has 0 bridgehead atoms. The number of aromatic nitrogens is 3. The second-order valence-corrected chi connectivity index (χ2v) is 10.5. The van der Waals surface area contributed by atoms with Crippen molar-refractivity contribution in [3.8, 4) is 0 Å². The fourth-order valence-corrected chi connectivity index (χ4v) is 5.96. The van der Waals surface area contributed by atoms with Crippen molar-refractivity contribution in [2.24, 2.45) is 0 Å². The molecule has 0 saturated carbocycles. The number of imide groups is 2. The van der Waals surface area contributed by atoms with Gasteiger partial charge in [-0.25, -0.2) is 9.97 Å². The molecule has 0 unspecified atom stereocenters. The van der Waals surface area contributed by atoms with Crippen molar-refractivity contribution in [1.82, 2.24) is 29.7 Å². The summed E-state index contributed by atoms with van der Waals surface area (Å²) in [6, 6.07) is 15.1. The predicted octanol–water partition coefficient (Wildman–Crippen LogP) is 2.02. The van der Waals surface area contributed by atoms with Gasteiger partial charge in [-0.05, 0) is 36.4 Å². The summed E-state index contributed by atoms with van der Waals surface area (Å²) in [6.07, 6.45) is 2.71. The number of carbonyl (C=O) groups excluding carboxylic acids is 5. The number of carbonyl (C=O) groups is 5. The molecule has 0 fully saturated rings. The predicted molar refractivity (Wildman–Crippen MR) is 150 cm³/mol. The first kappa shape index (κ1) is 26.2. The molecule has 14 heteroatoms. The molecule has 3 aliphatic heterocycles. The van der Waals surface area contributed by atoms with Crippen molar-refractivity contribution in [2.45, 2.75) is 5.66 Å². The monoisotopic (exact) mass is 595 g/mol. The molecule has 0 radical (unpaired) electrons. The van der Waals surface area contributed by atoms with Crippen LogP contribution in [0.4, 0.5) is 11.5 Å². The minimum atomic E-state index is -1.99. The number of benzene rings is 2. The lowest BCUT2D eigenvalue weighted by Gasteiger charge is -2.37. The summed E-state index contributed by atoms with van der Waals surface area (Å²) in [7, 11) is 0. The second-order valence-electron chi connectivity index (χ2n) is 10.1. The molecule has 212 valence electrons. The number of nitrogens with one attached hydrogen (secondary N) is 2. The number of nitrogens with zero attached hydrogens (tertiary/aromatic N) is 5. The third-order valence-corrected chi connectivity index (χ3v) is 7.87. The number of rotatable bonds is 6. The van der Waals surface area contributed by atoms with Crippen molar-refractivity contribution in [3.05, 3.63) is 117 Å². The first-order valence-corrected chi connectivity index (χ1v) is 13.3. The van der Waals surface area contributed by atoms with E-state index in [1.807, 2.05) is 0 Å². The zero-order valence-corrected chi connectivity index (χ0v) is 22.7. The Hall–Kier alpha value is -5.69. The van der Waals surface area contributed by atoms with Gasteiger partial charge in [0.05, 0.1) is 40.4 Å². The molecule has 3 aliphatic rings. The van der Waals surface area contributed by atoms with E-state index < -0.39 is 53.8 Å². The molecule has 5 amide bonds. The van der Waals surface area contributed by atoms with E-state index in [0.717, 1.165) is 14.4 Å². The summed E-state index contributed by atoms with van der Waals surface area (Å²) in [5.74, 6) is -3.23. The van der Waals surface area contributed by atoms with Crippen LogP contribution in [0, 0.1) is 0 Å². The van der Waals surface area contributed by atoms with E-state index in [0.29, 0.717) is 0 Å². The van der Waals surface area contributed by atoms with E-state index in [4.69, 9.17) is 11.6 Å². The lowest BCUT2D eigenvalue weighted by molar-refractivity contribution is 0.0423. The number of pyridine rings is 1. The van der Waals surface area contributed by atoms with E-state index in [1.165, 1.54) is 48.9 Å². The van der Waals surface area contributed by atoms with Gasteiger partial charge in [0.2, 0.25) is 0 Å². The Labute approximate surface area is 246 Å². The van der Waals surface area contributed by atoms with Crippen LogP contribution in [0.25, 0.3) is 0 Å². The van der Waals surface area contributed by atoms with Crippen molar-refractivity contribution in [1.29, 1.82) is 0 Å². The summed E-state index contributed by atoms with van der Waals surface area (Å²) in [4.78, 5) is 91.0. The maximum atomic E-state index is 14.1. The lowest BCUT2D eigenvalue weighted by atomic mass is 10.1. The Bertz CT molecular complexity index is 1850. The quantitative estimate of drug-likeness (QED) is 0.317. The van der Waals surface area contributed by atoms with Crippen LogP contribution < -0.4 is 16.2 Å². The van der Waals surface area contributed by atoms with E-state index >= 15 is 0 Å². The van der Waals surface area contributed by atoms with Crippen LogP contribution in [-0.2, 0) is 5.66 Å². The van der Waals surface area contributed by atoms with Crippen molar-refractivity contribution in [3.63, 3.8) is 0 Å². The fraction of sp³-hybridized carbons (Fsp3) is 0.103. The van der Waals surface area contributed by atoms with E-state index in [9.17, 15) is 28.8 Å². The molecule has 0 spiro atoms. The largest absolute Gasteiger partial charge is 0.336 e. The standard InChI is InChI=1S/C29H18ClN7O6/c30-19-11-20(33-21-9-10-31-14-32-21)28(43)37-22(19)23(38)34-29(37,12-35-24(39)15-5-1-2-6-16(15)25(35)40)13-36-26(41)17-7-3-4-8-18(17)27(36)42/h1-11,14H,12-13H2,(H,34,38)(H,31,32,33). The SMILES string of the molecule is O=C1NC(CN2C(=O)c3ccccc3C2=O)(CN2C(=O)c3ccccc3C2=O)n2c1c(Cl)cc(Nc1ccncn1)c2=O. The van der Waals surface area contributed by atoms with Gasteiger partial charge in [0, 0.05) is 6.20 Å². The molecule has 43 heavy (non-hydrogen) atoms. The Kier molecular flexibility index (Phi) is 5.75. The minimum absolute atomic E-state index is 0.0990. The highest BCUT2D eigenvalue weighted by Gasteiger charge is 2.53. The topological polar surface area (TPSA) is 164 Å². The highest BCUT2D eigenvalue weighted by Crippen LogP contribution is 2.35. The molecule has 0 saturated heterocycles. The van der Waals surface area contributed by atoms with Gasteiger partial charge < -0.3 is 10.6 Å². The van der Waals surface area contributed by atoms with Gasteiger partial charge in [-0.15, -0.1) is 0 Å². The van der Waals surface area contributed by atoms with Crippen LogP contribution in [-0.4, -0.2) is 67.0 Å². The van der Waals surface area contributed by atoms with Gasteiger partial charge in [-0.3, -0.25) is 43.1 Å². The summed E-state index contributed by atoms with van der Waals surface area (Å²) in [5, 5.41) is 5.39. The number of amides is 5. The second kappa shape index (κ2) is 9.42. The molecular weight excluding hydrogens is 578 g/mol. The van der Waals surface area contributed by atoms with Gasteiger partial charge >= 0.3 is 0 Å².